The van der Waals surface area contributed by atoms with Crippen LogP contribution in [0.1, 0.15) is 17.8 Å². The summed E-state index contributed by atoms with van der Waals surface area (Å²) in [4.78, 5) is 6.67. The SMILES string of the molecule is OCc1cccc(CN2CCC2)n1. The Hall–Kier alpha value is -0.930. The Bertz CT molecular complexity index is 284. The van der Waals surface area contributed by atoms with Gasteiger partial charge in [0, 0.05) is 6.54 Å². The molecule has 1 N–H and O–H groups in total. The van der Waals surface area contributed by atoms with Crippen LogP contribution in [0.4, 0.5) is 0 Å². The predicted molar refractivity (Wildman–Crippen MR) is 50.1 cm³/mol. The summed E-state index contributed by atoms with van der Waals surface area (Å²) in [6.07, 6.45) is 1.31. The lowest BCUT2D eigenvalue weighted by Gasteiger charge is -2.30. The van der Waals surface area contributed by atoms with Gasteiger partial charge >= 0.3 is 0 Å². The van der Waals surface area contributed by atoms with Gasteiger partial charge < -0.3 is 5.11 Å². The summed E-state index contributed by atoms with van der Waals surface area (Å²) >= 11 is 0. The zero-order valence-electron chi connectivity index (χ0n) is 7.61. The molecule has 0 unspecified atom stereocenters. The molecule has 2 rings (SSSR count). The molecule has 0 radical (unpaired) electrons. The van der Waals surface area contributed by atoms with Gasteiger partial charge in [0.1, 0.15) is 0 Å². The first-order chi connectivity index (χ1) is 6.38. The number of hydrogen-bond donors (Lipinski definition) is 1. The summed E-state index contributed by atoms with van der Waals surface area (Å²) < 4.78 is 0. The smallest absolute Gasteiger partial charge is 0.0853 e. The van der Waals surface area contributed by atoms with E-state index in [4.69, 9.17) is 5.11 Å². The van der Waals surface area contributed by atoms with Crippen molar-refractivity contribution < 1.29 is 5.11 Å². The minimum Gasteiger partial charge on any atom is -0.390 e. The van der Waals surface area contributed by atoms with Crippen LogP contribution in [-0.2, 0) is 13.2 Å². The largest absolute Gasteiger partial charge is 0.390 e. The Labute approximate surface area is 78.0 Å². The second-order valence-corrected chi connectivity index (χ2v) is 3.41. The Morgan fingerprint density at radius 1 is 1.31 bits per heavy atom. The van der Waals surface area contributed by atoms with Gasteiger partial charge in [0.15, 0.2) is 0 Å². The van der Waals surface area contributed by atoms with Crippen molar-refractivity contribution in [2.24, 2.45) is 0 Å². The van der Waals surface area contributed by atoms with Crippen LogP contribution < -0.4 is 0 Å². The van der Waals surface area contributed by atoms with Crippen molar-refractivity contribution in [1.29, 1.82) is 0 Å². The third-order valence-corrected chi connectivity index (χ3v) is 2.36. The number of likely N-dealkylation sites (tertiary alicyclic amines) is 1. The van der Waals surface area contributed by atoms with Gasteiger partial charge in [-0.2, -0.15) is 0 Å². The van der Waals surface area contributed by atoms with Crippen LogP contribution in [0.25, 0.3) is 0 Å². The van der Waals surface area contributed by atoms with Crippen LogP contribution in [-0.4, -0.2) is 28.1 Å². The average molecular weight is 178 g/mol. The summed E-state index contributed by atoms with van der Waals surface area (Å²) in [5.74, 6) is 0. The number of hydrogen-bond acceptors (Lipinski definition) is 3. The van der Waals surface area contributed by atoms with Gasteiger partial charge in [-0.1, -0.05) is 6.07 Å². The minimum atomic E-state index is 0.0356. The Morgan fingerprint density at radius 3 is 2.69 bits per heavy atom. The molecule has 0 spiro atoms. The summed E-state index contributed by atoms with van der Waals surface area (Å²) in [5.41, 5.74) is 1.82. The lowest BCUT2D eigenvalue weighted by atomic mass is 10.2. The van der Waals surface area contributed by atoms with E-state index in [1.54, 1.807) is 0 Å². The highest BCUT2D eigenvalue weighted by Crippen LogP contribution is 2.10. The molecule has 0 saturated carbocycles. The molecule has 1 aromatic rings. The molecule has 0 atom stereocenters. The number of aliphatic hydroxyl groups excluding tert-OH is 1. The van der Waals surface area contributed by atoms with E-state index in [1.165, 1.54) is 19.5 Å². The number of pyridine rings is 1. The molecule has 1 aliphatic rings. The van der Waals surface area contributed by atoms with E-state index in [9.17, 15) is 0 Å². The molecule has 13 heavy (non-hydrogen) atoms. The van der Waals surface area contributed by atoms with Crippen molar-refractivity contribution in [2.75, 3.05) is 13.1 Å². The number of aliphatic hydroxyl groups is 1. The molecule has 1 fully saturated rings. The standard InChI is InChI=1S/C10H14N2O/c13-8-10-4-1-3-9(11-10)7-12-5-2-6-12/h1,3-4,13H,2,5-8H2. The van der Waals surface area contributed by atoms with E-state index in [1.807, 2.05) is 18.2 Å². The van der Waals surface area contributed by atoms with Gasteiger partial charge in [0.2, 0.25) is 0 Å². The molecule has 0 aromatic carbocycles. The van der Waals surface area contributed by atoms with Gasteiger partial charge in [-0.25, -0.2) is 0 Å². The van der Waals surface area contributed by atoms with Crippen LogP contribution in [0.2, 0.25) is 0 Å². The molecule has 3 heteroatoms. The van der Waals surface area contributed by atoms with Crippen LogP contribution in [0.3, 0.4) is 0 Å². The molecule has 0 bridgehead atoms. The second-order valence-electron chi connectivity index (χ2n) is 3.41. The lowest BCUT2D eigenvalue weighted by Crippen LogP contribution is -2.36. The fraction of sp³-hybridized carbons (Fsp3) is 0.500. The average Bonchev–Trinajstić information content (AvgIpc) is 2.12. The van der Waals surface area contributed by atoms with Crippen molar-refractivity contribution in [3.05, 3.63) is 29.6 Å². The lowest BCUT2D eigenvalue weighted by molar-refractivity contribution is 0.170. The maximum Gasteiger partial charge on any atom is 0.0853 e. The Balaban J connectivity index is 2.01. The minimum absolute atomic E-state index is 0.0356. The summed E-state index contributed by atoms with van der Waals surface area (Å²) in [7, 11) is 0. The van der Waals surface area contributed by atoms with Crippen molar-refractivity contribution in [2.45, 2.75) is 19.6 Å². The first-order valence-electron chi connectivity index (χ1n) is 4.66. The van der Waals surface area contributed by atoms with Crippen LogP contribution in [0.15, 0.2) is 18.2 Å². The maximum absolute atomic E-state index is 8.89. The summed E-state index contributed by atoms with van der Waals surface area (Å²) in [6, 6.07) is 5.81. The molecule has 0 amide bonds. The fourth-order valence-electron chi connectivity index (χ4n) is 1.47. The molecule has 2 heterocycles. The van der Waals surface area contributed by atoms with Gasteiger partial charge in [0.05, 0.1) is 18.0 Å². The van der Waals surface area contributed by atoms with Crippen LogP contribution in [0.5, 0.6) is 0 Å². The highest BCUT2D eigenvalue weighted by molar-refractivity contribution is 5.10. The third-order valence-electron chi connectivity index (χ3n) is 2.36. The van der Waals surface area contributed by atoms with E-state index in [0.29, 0.717) is 0 Å². The van der Waals surface area contributed by atoms with Crippen molar-refractivity contribution in [1.82, 2.24) is 9.88 Å². The monoisotopic (exact) mass is 178 g/mol. The second kappa shape index (κ2) is 3.85. The molecule has 70 valence electrons. The maximum atomic E-state index is 8.89. The highest BCUT2D eigenvalue weighted by atomic mass is 16.3. The van der Waals surface area contributed by atoms with Gasteiger partial charge in [-0.05, 0) is 31.6 Å². The normalized spacial score (nSPS) is 17.0. The van der Waals surface area contributed by atoms with Crippen LogP contribution in [0, 0.1) is 0 Å². The van der Waals surface area contributed by atoms with Crippen LogP contribution >= 0.6 is 0 Å². The van der Waals surface area contributed by atoms with Gasteiger partial charge in [0.25, 0.3) is 0 Å². The zero-order valence-corrected chi connectivity index (χ0v) is 7.61. The van der Waals surface area contributed by atoms with Gasteiger partial charge in [-0.3, -0.25) is 9.88 Å². The molecule has 1 saturated heterocycles. The third kappa shape index (κ3) is 2.05. The van der Waals surface area contributed by atoms with Gasteiger partial charge in [-0.15, -0.1) is 0 Å². The number of rotatable bonds is 3. The number of aromatic nitrogens is 1. The van der Waals surface area contributed by atoms with E-state index < -0.39 is 0 Å². The Kier molecular flexibility index (Phi) is 2.57. The fourth-order valence-corrected chi connectivity index (χ4v) is 1.47. The zero-order chi connectivity index (χ0) is 9.10. The molecule has 3 nitrogen and oxygen atoms in total. The van der Waals surface area contributed by atoms with Crippen molar-refractivity contribution >= 4 is 0 Å². The predicted octanol–water partition coefficient (Wildman–Crippen LogP) is 0.780. The van der Waals surface area contributed by atoms with E-state index >= 15 is 0 Å². The first kappa shape index (κ1) is 8.66. The van der Waals surface area contributed by atoms with Crippen molar-refractivity contribution in [3.8, 4) is 0 Å². The molecular formula is C10H14N2O. The van der Waals surface area contributed by atoms with E-state index in [2.05, 4.69) is 9.88 Å². The number of nitrogens with zero attached hydrogens (tertiary/aromatic N) is 2. The molecular weight excluding hydrogens is 164 g/mol. The van der Waals surface area contributed by atoms with E-state index in [-0.39, 0.29) is 6.61 Å². The van der Waals surface area contributed by atoms with E-state index in [0.717, 1.165) is 17.9 Å². The van der Waals surface area contributed by atoms with Crippen molar-refractivity contribution in [3.63, 3.8) is 0 Å². The topological polar surface area (TPSA) is 36.4 Å². The summed E-state index contributed by atoms with van der Waals surface area (Å²) in [5, 5.41) is 8.89. The Morgan fingerprint density at radius 2 is 2.08 bits per heavy atom. The first-order valence-corrected chi connectivity index (χ1v) is 4.66. The molecule has 0 aliphatic carbocycles. The highest BCUT2D eigenvalue weighted by Gasteiger charge is 2.14. The molecule has 1 aromatic heterocycles. The summed E-state index contributed by atoms with van der Waals surface area (Å²) in [6.45, 7) is 3.33. The quantitative estimate of drug-likeness (QED) is 0.743. The molecule has 1 aliphatic heterocycles.